The molecule has 0 aliphatic carbocycles. The SMILES string of the molecule is COc1cc([C@@H](CO)[C@@H](O)c2cc(OC)c3c(c2)[C@@H](CO)[C@H](c2ccc(O[C@@H]4O[C@H](CO)[C@H](O)[C@H](O)[C@H]4O)c(OC)c2)O3)ccc1O. The molecule has 47 heavy (non-hydrogen) atoms. The number of phenolic OH excluding ortho intramolecular Hbond substituents is 1. The van der Waals surface area contributed by atoms with E-state index < -0.39 is 68.0 Å². The van der Waals surface area contributed by atoms with Gasteiger partial charge in [-0.05, 0) is 53.1 Å². The van der Waals surface area contributed by atoms with Gasteiger partial charge in [0.15, 0.2) is 34.5 Å². The van der Waals surface area contributed by atoms with Crippen molar-refractivity contribution >= 4 is 0 Å². The zero-order valence-electron chi connectivity index (χ0n) is 26.0. The number of ether oxygens (including phenoxy) is 6. The fraction of sp³-hybridized carbons (Fsp3) is 0.455. The van der Waals surface area contributed by atoms with Crippen LogP contribution < -0.4 is 23.7 Å². The maximum Gasteiger partial charge on any atom is 0.229 e. The van der Waals surface area contributed by atoms with E-state index in [0.29, 0.717) is 33.8 Å². The molecule has 14 heteroatoms. The minimum absolute atomic E-state index is 0.0827. The summed E-state index contributed by atoms with van der Waals surface area (Å²) in [6.45, 7) is -1.38. The molecule has 0 unspecified atom stereocenters. The number of aliphatic hydroxyl groups excluding tert-OH is 7. The van der Waals surface area contributed by atoms with Gasteiger partial charge in [0.25, 0.3) is 0 Å². The summed E-state index contributed by atoms with van der Waals surface area (Å²) in [5.74, 6) is -0.314. The van der Waals surface area contributed by atoms with Crippen LogP contribution in [-0.2, 0) is 4.74 Å². The molecule has 1 fully saturated rings. The van der Waals surface area contributed by atoms with E-state index in [-0.39, 0.29) is 29.6 Å². The molecule has 256 valence electrons. The monoisotopic (exact) mass is 660 g/mol. The number of rotatable bonds is 12. The summed E-state index contributed by atoms with van der Waals surface area (Å²) in [6.07, 6.45) is -9.33. The van der Waals surface area contributed by atoms with E-state index in [4.69, 9.17) is 28.4 Å². The van der Waals surface area contributed by atoms with Crippen molar-refractivity contribution in [1.82, 2.24) is 0 Å². The molecular weight excluding hydrogens is 620 g/mol. The van der Waals surface area contributed by atoms with Crippen molar-refractivity contribution in [1.29, 1.82) is 0 Å². The number of hydrogen-bond donors (Lipinski definition) is 8. The second-order valence-corrected chi connectivity index (χ2v) is 11.4. The van der Waals surface area contributed by atoms with Crippen LogP contribution in [0.4, 0.5) is 0 Å². The molecule has 3 aromatic carbocycles. The molecule has 8 N–H and O–H groups in total. The van der Waals surface area contributed by atoms with Gasteiger partial charge in [0.2, 0.25) is 6.29 Å². The number of fused-ring (bicyclic) bond motifs is 1. The van der Waals surface area contributed by atoms with Crippen LogP contribution in [0, 0.1) is 0 Å². The van der Waals surface area contributed by atoms with E-state index in [1.165, 1.54) is 39.5 Å². The Balaban J connectivity index is 1.43. The first-order valence-electron chi connectivity index (χ1n) is 14.9. The average molecular weight is 661 g/mol. The Hall–Kier alpha value is -3.86. The fourth-order valence-electron chi connectivity index (χ4n) is 6.03. The quantitative estimate of drug-likeness (QED) is 0.134. The lowest BCUT2D eigenvalue weighted by molar-refractivity contribution is -0.277. The summed E-state index contributed by atoms with van der Waals surface area (Å²) in [7, 11) is 4.24. The van der Waals surface area contributed by atoms with Gasteiger partial charge >= 0.3 is 0 Å². The molecule has 0 amide bonds. The van der Waals surface area contributed by atoms with Crippen LogP contribution in [0.5, 0.6) is 34.5 Å². The first kappa shape index (κ1) is 34.5. The van der Waals surface area contributed by atoms with E-state index in [9.17, 15) is 40.9 Å². The highest BCUT2D eigenvalue weighted by molar-refractivity contribution is 5.57. The Morgan fingerprint density at radius 3 is 2.09 bits per heavy atom. The lowest BCUT2D eigenvalue weighted by atomic mass is 9.86. The highest BCUT2D eigenvalue weighted by atomic mass is 16.7. The molecule has 2 aliphatic rings. The Labute approximate surface area is 270 Å². The predicted octanol–water partition coefficient (Wildman–Crippen LogP) is 0.616. The summed E-state index contributed by atoms with van der Waals surface area (Å²) < 4.78 is 33.9. The third kappa shape index (κ3) is 6.51. The minimum atomic E-state index is -1.62. The first-order chi connectivity index (χ1) is 22.6. The first-order valence-corrected chi connectivity index (χ1v) is 14.9. The van der Waals surface area contributed by atoms with Crippen LogP contribution in [0.15, 0.2) is 48.5 Å². The van der Waals surface area contributed by atoms with E-state index >= 15 is 0 Å². The molecule has 0 radical (unpaired) electrons. The number of benzene rings is 3. The maximum absolute atomic E-state index is 11.5. The second kappa shape index (κ2) is 14.5. The summed E-state index contributed by atoms with van der Waals surface area (Å²) >= 11 is 0. The van der Waals surface area contributed by atoms with Crippen LogP contribution in [0.3, 0.4) is 0 Å². The van der Waals surface area contributed by atoms with Gasteiger partial charge in [-0.2, -0.15) is 0 Å². The molecule has 0 aromatic heterocycles. The van der Waals surface area contributed by atoms with Crippen LogP contribution in [0.25, 0.3) is 0 Å². The molecule has 0 saturated carbocycles. The van der Waals surface area contributed by atoms with Crippen molar-refractivity contribution in [3.63, 3.8) is 0 Å². The maximum atomic E-state index is 11.5. The Kier molecular flexibility index (Phi) is 10.6. The molecule has 14 nitrogen and oxygen atoms in total. The molecule has 3 aromatic rings. The summed E-state index contributed by atoms with van der Waals surface area (Å²) in [6, 6.07) is 12.6. The molecule has 2 heterocycles. The summed E-state index contributed by atoms with van der Waals surface area (Å²) in [5, 5.41) is 82.4. The second-order valence-electron chi connectivity index (χ2n) is 11.4. The van der Waals surface area contributed by atoms with Crippen LogP contribution in [0.1, 0.15) is 46.3 Å². The molecule has 5 rings (SSSR count). The van der Waals surface area contributed by atoms with Gasteiger partial charge in [-0.15, -0.1) is 0 Å². The topological polar surface area (TPSA) is 217 Å². The Morgan fingerprint density at radius 2 is 1.45 bits per heavy atom. The standard InChI is InChI=1S/C33H40O14/c1-42-23-9-15(4-6-21(23)37)19(12-34)27(38)17-8-18-20(13-35)31(47-32(18)25(11-17)44-3)16-5-7-22(24(10-16)43-2)45-33-30(41)29(40)28(39)26(14-36)46-33/h4-11,19-20,26-31,33-41H,12-14H2,1-3H3/t19-,20-,26-,27+,28+,29+,30-,31+,33-/m1/s1. The van der Waals surface area contributed by atoms with E-state index in [0.717, 1.165) is 0 Å². The van der Waals surface area contributed by atoms with Gasteiger partial charge in [0, 0.05) is 11.5 Å². The lowest BCUT2D eigenvalue weighted by Gasteiger charge is -2.39. The van der Waals surface area contributed by atoms with Gasteiger partial charge in [-0.1, -0.05) is 12.1 Å². The zero-order valence-corrected chi connectivity index (χ0v) is 26.0. The van der Waals surface area contributed by atoms with Crippen molar-refractivity contribution in [3.8, 4) is 34.5 Å². The predicted molar refractivity (Wildman–Crippen MR) is 163 cm³/mol. The molecule has 0 spiro atoms. The largest absolute Gasteiger partial charge is 0.504 e. The highest BCUT2D eigenvalue weighted by Gasteiger charge is 2.45. The molecular formula is C33H40O14. The van der Waals surface area contributed by atoms with Gasteiger partial charge in [-0.3, -0.25) is 0 Å². The normalized spacial score (nSPS) is 26.6. The molecule has 1 saturated heterocycles. The van der Waals surface area contributed by atoms with Crippen molar-refractivity contribution in [2.24, 2.45) is 0 Å². The molecule has 2 aliphatic heterocycles. The lowest BCUT2D eigenvalue weighted by Crippen LogP contribution is -2.60. The van der Waals surface area contributed by atoms with Gasteiger partial charge in [0.05, 0.1) is 53.2 Å². The van der Waals surface area contributed by atoms with Crippen molar-refractivity contribution in [2.75, 3.05) is 41.2 Å². The summed E-state index contributed by atoms with van der Waals surface area (Å²) in [5.41, 5.74) is 2.06. The number of hydrogen-bond acceptors (Lipinski definition) is 14. The van der Waals surface area contributed by atoms with Gasteiger partial charge < -0.3 is 69.3 Å². The average Bonchev–Trinajstić information content (AvgIpc) is 3.47. The summed E-state index contributed by atoms with van der Waals surface area (Å²) in [4.78, 5) is 0. The van der Waals surface area contributed by atoms with E-state index in [1.807, 2.05) is 0 Å². The third-order valence-corrected chi connectivity index (χ3v) is 8.69. The Morgan fingerprint density at radius 1 is 0.745 bits per heavy atom. The van der Waals surface area contributed by atoms with Crippen molar-refractivity contribution < 1.29 is 69.3 Å². The van der Waals surface area contributed by atoms with Crippen LogP contribution >= 0.6 is 0 Å². The van der Waals surface area contributed by atoms with E-state index in [2.05, 4.69) is 0 Å². The smallest absolute Gasteiger partial charge is 0.229 e. The molecule has 0 bridgehead atoms. The number of methoxy groups -OCH3 is 3. The van der Waals surface area contributed by atoms with Crippen molar-refractivity contribution in [3.05, 3.63) is 70.8 Å². The fourth-order valence-corrected chi connectivity index (χ4v) is 6.03. The number of aliphatic hydroxyl groups is 7. The van der Waals surface area contributed by atoms with Crippen molar-refractivity contribution in [2.45, 2.75) is 54.7 Å². The Bertz CT molecular complexity index is 1530. The van der Waals surface area contributed by atoms with Gasteiger partial charge in [-0.25, -0.2) is 0 Å². The van der Waals surface area contributed by atoms with E-state index in [1.54, 1.807) is 30.3 Å². The minimum Gasteiger partial charge on any atom is -0.504 e. The van der Waals surface area contributed by atoms with Crippen LogP contribution in [0.2, 0.25) is 0 Å². The van der Waals surface area contributed by atoms with Gasteiger partial charge in [0.1, 0.15) is 30.5 Å². The third-order valence-electron chi connectivity index (χ3n) is 8.69. The number of phenols is 1. The van der Waals surface area contributed by atoms with Crippen LogP contribution in [-0.4, -0.2) is 113 Å². The molecule has 9 atom stereocenters. The highest BCUT2D eigenvalue weighted by Crippen LogP contribution is 2.52. The number of aromatic hydroxyl groups is 1. The zero-order chi connectivity index (χ0) is 34.0.